The van der Waals surface area contributed by atoms with Crippen molar-refractivity contribution in [3.8, 4) is 0 Å². The van der Waals surface area contributed by atoms with E-state index in [2.05, 4.69) is 15.9 Å². The van der Waals surface area contributed by atoms with Crippen LogP contribution in [0.25, 0.3) is 0 Å². The molecule has 9 heteroatoms. The molecular formula is C12H17BrO8. The van der Waals surface area contributed by atoms with Gasteiger partial charge in [-0.15, -0.1) is 0 Å². The Morgan fingerprint density at radius 2 is 1.38 bits per heavy atom. The Bertz CT molecular complexity index is 438. The number of hydrogen-bond donors (Lipinski definition) is 4. The van der Waals surface area contributed by atoms with E-state index < -0.39 is 51.9 Å². The zero-order chi connectivity index (χ0) is 17.2. The molecule has 120 valence electrons. The van der Waals surface area contributed by atoms with Gasteiger partial charge in [0.1, 0.15) is 12.2 Å². The van der Waals surface area contributed by atoms with Crippen molar-refractivity contribution in [3.05, 3.63) is 0 Å². The topological polar surface area (TPSA) is 149 Å². The molecule has 0 spiro atoms. The Balaban J connectivity index is 6.62. The number of rotatable bonds is 8. The summed E-state index contributed by atoms with van der Waals surface area (Å²) in [5, 5.41) is 38.7. The Morgan fingerprint density at radius 3 is 1.57 bits per heavy atom. The SMILES string of the molecule is CC(=O)C(C(C)=O)(C(=O)Br)[C@](O)(C(C)=O)[C@H](O)[C@H](O)CO. The Hall–Kier alpha value is -1.00. The van der Waals surface area contributed by atoms with E-state index >= 15 is 0 Å². The molecule has 0 aliphatic rings. The summed E-state index contributed by atoms with van der Waals surface area (Å²) < 4.78 is -1.34. The molecule has 0 saturated carbocycles. The molecule has 0 bridgehead atoms. The summed E-state index contributed by atoms with van der Waals surface area (Å²) in [6.45, 7) is 1.24. The van der Waals surface area contributed by atoms with Crippen molar-refractivity contribution < 1.29 is 39.6 Å². The lowest BCUT2D eigenvalue weighted by atomic mass is 9.62. The molecule has 0 amide bonds. The highest BCUT2D eigenvalue weighted by Gasteiger charge is 2.68. The van der Waals surface area contributed by atoms with Crippen LogP contribution in [0.2, 0.25) is 0 Å². The highest BCUT2D eigenvalue weighted by Crippen LogP contribution is 2.41. The molecule has 0 heterocycles. The monoisotopic (exact) mass is 368 g/mol. The van der Waals surface area contributed by atoms with E-state index in [0.717, 1.165) is 20.8 Å². The number of hydrogen-bond acceptors (Lipinski definition) is 8. The van der Waals surface area contributed by atoms with Gasteiger partial charge in [-0.05, 0) is 36.7 Å². The largest absolute Gasteiger partial charge is 0.394 e. The molecule has 0 radical (unpaired) electrons. The maximum absolute atomic E-state index is 11.9. The van der Waals surface area contributed by atoms with Gasteiger partial charge in [0.25, 0.3) is 0 Å². The van der Waals surface area contributed by atoms with Crippen LogP contribution in [0.3, 0.4) is 0 Å². The third-order valence-electron chi connectivity index (χ3n) is 3.44. The van der Waals surface area contributed by atoms with E-state index in [-0.39, 0.29) is 0 Å². The van der Waals surface area contributed by atoms with E-state index in [1.807, 2.05) is 0 Å². The van der Waals surface area contributed by atoms with Gasteiger partial charge in [-0.3, -0.25) is 19.2 Å². The lowest BCUT2D eigenvalue weighted by molar-refractivity contribution is -0.198. The minimum Gasteiger partial charge on any atom is -0.394 e. The van der Waals surface area contributed by atoms with Gasteiger partial charge in [-0.2, -0.15) is 0 Å². The van der Waals surface area contributed by atoms with Gasteiger partial charge >= 0.3 is 0 Å². The predicted molar refractivity (Wildman–Crippen MR) is 72.5 cm³/mol. The molecule has 0 aliphatic carbocycles. The molecule has 0 aromatic carbocycles. The second-order valence-corrected chi connectivity index (χ2v) is 5.37. The molecule has 0 aromatic heterocycles. The number of aliphatic hydroxyl groups is 4. The molecule has 0 aromatic rings. The highest BCUT2D eigenvalue weighted by atomic mass is 79.9. The van der Waals surface area contributed by atoms with Crippen molar-refractivity contribution in [2.24, 2.45) is 5.41 Å². The smallest absolute Gasteiger partial charge is 0.222 e. The van der Waals surface area contributed by atoms with Gasteiger partial charge in [0, 0.05) is 0 Å². The fraction of sp³-hybridized carbons (Fsp3) is 0.667. The number of carbonyl (C=O) groups excluding carboxylic acids is 4. The summed E-state index contributed by atoms with van der Waals surface area (Å²) >= 11 is 2.39. The first-order valence-corrected chi connectivity index (χ1v) is 6.63. The minimum atomic E-state index is -3.23. The second-order valence-electron chi connectivity index (χ2n) is 4.65. The molecule has 0 saturated heterocycles. The van der Waals surface area contributed by atoms with E-state index in [0.29, 0.717) is 0 Å². The van der Waals surface area contributed by atoms with Gasteiger partial charge in [-0.1, -0.05) is 0 Å². The fourth-order valence-electron chi connectivity index (χ4n) is 2.28. The number of Topliss-reactive ketones (excluding diaryl/α,β-unsaturated/α-hetero) is 3. The van der Waals surface area contributed by atoms with E-state index in [9.17, 15) is 34.5 Å². The highest BCUT2D eigenvalue weighted by molar-refractivity contribution is 9.18. The Kier molecular flexibility index (Phi) is 6.51. The van der Waals surface area contributed by atoms with Crippen LogP contribution in [-0.2, 0) is 19.2 Å². The van der Waals surface area contributed by atoms with Gasteiger partial charge in [0.05, 0.1) is 6.61 Å². The third-order valence-corrected chi connectivity index (χ3v) is 4.03. The maximum atomic E-state index is 11.9. The normalized spacial score (nSPS) is 17.5. The molecule has 4 N–H and O–H groups in total. The van der Waals surface area contributed by atoms with Crippen molar-refractivity contribution in [3.63, 3.8) is 0 Å². The van der Waals surface area contributed by atoms with Crippen molar-refractivity contribution in [2.45, 2.75) is 38.6 Å². The summed E-state index contributed by atoms with van der Waals surface area (Å²) in [5.41, 5.74) is -6.16. The van der Waals surface area contributed by atoms with Crippen molar-refractivity contribution in [2.75, 3.05) is 6.61 Å². The molecular weight excluding hydrogens is 352 g/mol. The Morgan fingerprint density at radius 1 is 1.00 bits per heavy atom. The van der Waals surface area contributed by atoms with Crippen LogP contribution in [0, 0.1) is 5.41 Å². The number of halogens is 1. The van der Waals surface area contributed by atoms with Crippen LogP contribution in [0.15, 0.2) is 0 Å². The fourth-order valence-corrected chi connectivity index (χ4v) is 3.14. The number of aliphatic hydroxyl groups excluding tert-OH is 3. The van der Waals surface area contributed by atoms with E-state index in [4.69, 9.17) is 5.11 Å². The standard InChI is InChI=1S/C12H17BrO8/c1-5(15)11(6(2)16,10(13)20)12(21,7(3)17)9(19)8(18)4-14/h8-9,14,18-19,21H,4H2,1-3H3/t8-,9-,12+/m1/s1. The van der Waals surface area contributed by atoms with Crippen LogP contribution < -0.4 is 0 Å². The average Bonchev–Trinajstić information content (AvgIpc) is 2.35. The summed E-state index contributed by atoms with van der Waals surface area (Å²) in [4.78, 5) is 47.4. The predicted octanol–water partition coefficient (Wildman–Crippen LogP) is -1.89. The molecule has 0 unspecified atom stereocenters. The molecule has 3 atom stereocenters. The van der Waals surface area contributed by atoms with Crippen LogP contribution in [0.5, 0.6) is 0 Å². The lowest BCUT2D eigenvalue weighted by Crippen LogP contribution is -2.71. The quantitative estimate of drug-likeness (QED) is 0.287. The van der Waals surface area contributed by atoms with E-state index in [1.165, 1.54) is 0 Å². The average molecular weight is 369 g/mol. The third kappa shape index (κ3) is 2.84. The van der Waals surface area contributed by atoms with Crippen LogP contribution in [0.1, 0.15) is 20.8 Å². The van der Waals surface area contributed by atoms with Crippen molar-refractivity contribution >= 4 is 38.0 Å². The number of ketones is 3. The maximum Gasteiger partial charge on any atom is 0.222 e. The second kappa shape index (κ2) is 6.84. The van der Waals surface area contributed by atoms with E-state index in [1.54, 1.807) is 0 Å². The number of carbonyl (C=O) groups is 4. The summed E-state index contributed by atoms with van der Waals surface area (Å²) in [7, 11) is 0. The van der Waals surface area contributed by atoms with Gasteiger partial charge in [-0.25, -0.2) is 0 Å². The molecule has 0 aliphatic heterocycles. The first kappa shape index (κ1) is 20.0. The first-order chi connectivity index (χ1) is 9.42. The zero-order valence-electron chi connectivity index (χ0n) is 11.7. The zero-order valence-corrected chi connectivity index (χ0v) is 13.2. The van der Waals surface area contributed by atoms with Crippen LogP contribution >= 0.6 is 15.9 Å². The summed E-state index contributed by atoms with van der Waals surface area (Å²) in [6.07, 6.45) is -4.49. The lowest BCUT2D eigenvalue weighted by Gasteiger charge is -2.43. The van der Waals surface area contributed by atoms with Crippen LogP contribution in [-0.4, -0.2) is 66.9 Å². The molecule has 0 fully saturated rings. The van der Waals surface area contributed by atoms with Gasteiger partial charge < -0.3 is 20.4 Å². The van der Waals surface area contributed by atoms with Crippen LogP contribution in [0.4, 0.5) is 0 Å². The molecule has 0 rings (SSSR count). The van der Waals surface area contributed by atoms with Gasteiger partial charge in [0.2, 0.25) is 4.69 Å². The summed E-state index contributed by atoms with van der Waals surface area (Å²) in [6, 6.07) is 0. The van der Waals surface area contributed by atoms with Crippen molar-refractivity contribution in [1.29, 1.82) is 0 Å². The van der Waals surface area contributed by atoms with Gasteiger partial charge in [0.15, 0.2) is 28.4 Å². The first-order valence-electron chi connectivity index (χ1n) is 5.84. The Labute approximate surface area is 128 Å². The molecule has 8 nitrogen and oxygen atoms in total. The minimum absolute atomic E-state index is 0.740. The van der Waals surface area contributed by atoms with Crippen molar-refractivity contribution in [1.82, 2.24) is 0 Å². The molecule has 21 heavy (non-hydrogen) atoms. The summed E-state index contributed by atoms with van der Waals surface area (Å²) in [5.74, 6) is -3.68.